The summed E-state index contributed by atoms with van der Waals surface area (Å²) in [5.74, 6) is 0.576. The van der Waals surface area contributed by atoms with E-state index in [4.69, 9.17) is 10.5 Å². The van der Waals surface area contributed by atoms with Crippen LogP contribution in [0.2, 0.25) is 0 Å². The van der Waals surface area contributed by atoms with Gasteiger partial charge >= 0.3 is 0 Å². The molecule has 0 heterocycles. The first-order valence-corrected chi connectivity index (χ1v) is 6.82. The van der Waals surface area contributed by atoms with Crippen LogP contribution in [0.25, 0.3) is 0 Å². The number of ether oxygens (including phenoxy) is 1. The normalized spacial score (nSPS) is 10.2. The second-order valence-electron chi connectivity index (χ2n) is 5.13. The maximum Gasteiger partial charge on any atom is 0.262 e. The number of rotatable bonds is 4. The van der Waals surface area contributed by atoms with Crippen molar-refractivity contribution in [1.82, 2.24) is 0 Å². The third kappa shape index (κ3) is 3.75. The minimum atomic E-state index is -0.189. The molecule has 0 aliphatic heterocycles. The summed E-state index contributed by atoms with van der Waals surface area (Å²) in [5, 5.41) is 2.83. The molecule has 2 aromatic carbocycles. The molecule has 21 heavy (non-hydrogen) atoms. The Morgan fingerprint density at radius 3 is 2.38 bits per heavy atom. The van der Waals surface area contributed by atoms with Gasteiger partial charge in [0.15, 0.2) is 6.61 Å². The number of nitrogen functional groups attached to an aromatic ring is 1. The van der Waals surface area contributed by atoms with Gasteiger partial charge in [-0.2, -0.15) is 0 Å². The summed E-state index contributed by atoms with van der Waals surface area (Å²) >= 11 is 0. The highest BCUT2D eigenvalue weighted by Gasteiger charge is 2.08. The fraction of sp³-hybridized carbons (Fsp3) is 0.235. The van der Waals surface area contributed by atoms with E-state index in [2.05, 4.69) is 5.32 Å². The Balaban J connectivity index is 1.99. The van der Waals surface area contributed by atoms with Gasteiger partial charge in [0, 0.05) is 11.4 Å². The third-order valence-corrected chi connectivity index (χ3v) is 3.28. The number of amides is 1. The summed E-state index contributed by atoms with van der Waals surface area (Å²) < 4.78 is 5.63. The minimum absolute atomic E-state index is 0.0183. The van der Waals surface area contributed by atoms with Crippen LogP contribution in [-0.4, -0.2) is 12.5 Å². The molecule has 0 bridgehead atoms. The van der Waals surface area contributed by atoms with Gasteiger partial charge in [-0.1, -0.05) is 18.2 Å². The van der Waals surface area contributed by atoms with Crippen LogP contribution in [0.5, 0.6) is 5.75 Å². The zero-order valence-corrected chi connectivity index (χ0v) is 12.6. The van der Waals surface area contributed by atoms with Crippen molar-refractivity contribution < 1.29 is 9.53 Å². The van der Waals surface area contributed by atoms with Crippen molar-refractivity contribution in [2.45, 2.75) is 20.8 Å². The number of aryl methyl sites for hydroxylation is 3. The number of nitrogens with two attached hydrogens (primary N) is 1. The zero-order valence-electron chi connectivity index (χ0n) is 12.6. The highest BCUT2D eigenvalue weighted by atomic mass is 16.5. The van der Waals surface area contributed by atoms with E-state index in [1.807, 2.05) is 45.0 Å². The number of hydrogen-bond donors (Lipinski definition) is 2. The standard InChI is InChI=1S/C17H20N2O2/c1-11-5-4-6-12(2)17(11)21-10-16(20)19-15-8-7-14(18)9-13(15)3/h4-9H,10,18H2,1-3H3,(H,19,20). The Labute approximate surface area is 124 Å². The van der Waals surface area contributed by atoms with Crippen LogP contribution >= 0.6 is 0 Å². The quantitative estimate of drug-likeness (QED) is 0.847. The molecule has 0 aliphatic rings. The van der Waals surface area contributed by atoms with Crippen molar-refractivity contribution in [3.63, 3.8) is 0 Å². The van der Waals surface area contributed by atoms with Gasteiger partial charge < -0.3 is 15.8 Å². The van der Waals surface area contributed by atoms with E-state index < -0.39 is 0 Å². The second-order valence-corrected chi connectivity index (χ2v) is 5.13. The van der Waals surface area contributed by atoms with E-state index in [9.17, 15) is 4.79 Å². The van der Waals surface area contributed by atoms with Gasteiger partial charge in [0.05, 0.1) is 0 Å². The maximum atomic E-state index is 12.0. The molecule has 4 heteroatoms. The lowest BCUT2D eigenvalue weighted by Gasteiger charge is -2.13. The lowest BCUT2D eigenvalue weighted by molar-refractivity contribution is -0.118. The average molecular weight is 284 g/mol. The maximum absolute atomic E-state index is 12.0. The Hall–Kier alpha value is -2.49. The van der Waals surface area contributed by atoms with Crippen LogP contribution in [0.4, 0.5) is 11.4 Å². The minimum Gasteiger partial charge on any atom is -0.483 e. The largest absolute Gasteiger partial charge is 0.483 e. The van der Waals surface area contributed by atoms with Gasteiger partial charge in [-0.3, -0.25) is 4.79 Å². The van der Waals surface area contributed by atoms with Crippen molar-refractivity contribution >= 4 is 17.3 Å². The first kappa shape index (κ1) is 14.9. The molecule has 0 saturated carbocycles. The number of anilines is 2. The summed E-state index contributed by atoms with van der Waals surface area (Å²) in [6.45, 7) is 5.81. The van der Waals surface area contributed by atoms with Crippen LogP contribution in [0.15, 0.2) is 36.4 Å². The predicted octanol–water partition coefficient (Wildman–Crippen LogP) is 3.21. The molecule has 3 N–H and O–H groups in total. The van der Waals surface area contributed by atoms with E-state index in [1.54, 1.807) is 12.1 Å². The van der Waals surface area contributed by atoms with Crippen molar-refractivity contribution in [2.24, 2.45) is 0 Å². The van der Waals surface area contributed by atoms with Crippen LogP contribution < -0.4 is 15.8 Å². The van der Waals surface area contributed by atoms with E-state index in [1.165, 1.54) is 0 Å². The molecule has 2 aromatic rings. The van der Waals surface area contributed by atoms with Crippen molar-refractivity contribution in [3.8, 4) is 5.75 Å². The number of benzene rings is 2. The molecular formula is C17H20N2O2. The number of para-hydroxylation sites is 1. The molecule has 4 nitrogen and oxygen atoms in total. The summed E-state index contributed by atoms with van der Waals surface area (Å²) in [7, 11) is 0. The number of carbonyl (C=O) groups excluding carboxylic acids is 1. The lowest BCUT2D eigenvalue weighted by Crippen LogP contribution is -2.21. The van der Waals surface area contributed by atoms with E-state index in [-0.39, 0.29) is 12.5 Å². The van der Waals surface area contributed by atoms with Crippen LogP contribution in [0.3, 0.4) is 0 Å². The fourth-order valence-electron chi connectivity index (χ4n) is 2.18. The third-order valence-electron chi connectivity index (χ3n) is 3.28. The first-order chi connectivity index (χ1) is 9.97. The number of hydrogen-bond acceptors (Lipinski definition) is 3. The predicted molar refractivity (Wildman–Crippen MR) is 85.6 cm³/mol. The van der Waals surface area contributed by atoms with Gasteiger partial charge in [-0.25, -0.2) is 0 Å². The Bertz CT molecular complexity index is 646. The molecular weight excluding hydrogens is 264 g/mol. The van der Waals surface area contributed by atoms with E-state index in [0.717, 1.165) is 28.1 Å². The Morgan fingerprint density at radius 1 is 1.10 bits per heavy atom. The smallest absolute Gasteiger partial charge is 0.262 e. The first-order valence-electron chi connectivity index (χ1n) is 6.82. The molecule has 0 fully saturated rings. The fourth-order valence-corrected chi connectivity index (χ4v) is 2.18. The molecule has 1 amide bonds. The van der Waals surface area contributed by atoms with Gasteiger partial charge in [-0.05, 0) is 55.7 Å². The monoisotopic (exact) mass is 284 g/mol. The van der Waals surface area contributed by atoms with Gasteiger partial charge in [0.25, 0.3) is 5.91 Å². The Morgan fingerprint density at radius 2 is 1.76 bits per heavy atom. The summed E-state index contributed by atoms with van der Waals surface area (Å²) in [5.41, 5.74) is 10.1. The molecule has 0 spiro atoms. The van der Waals surface area contributed by atoms with Crippen LogP contribution in [0, 0.1) is 20.8 Å². The van der Waals surface area contributed by atoms with Crippen LogP contribution in [0.1, 0.15) is 16.7 Å². The number of carbonyl (C=O) groups is 1. The summed E-state index contributed by atoms with van der Waals surface area (Å²) in [6.07, 6.45) is 0. The van der Waals surface area contributed by atoms with Gasteiger partial charge in [0.1, 0.15) is 5.75 Å². The molecule has 0 aliphatic carbocycles. The molecule has 2 rings (SSSR count). The van der Waals surface area contributed by atoms with Crippen molar-refractivity contribution in [2.75, 3.05) is 17.7 Å². The second kappa shape index (κ2) is 6.31. The number of nitrogens with one attached hydrogen (secondary N) is 1. The topological polar surface area (TPSA) is 64.3 Å². The van der Waals surface area contributed by atoms with E-state index in [0.29, 0.717) is 5.69 Å². The highest BCUT2D eigenvalue weighted by molar-refractivity contribution is 5.92. The molecule has 110 valence electrons. The van der Waals surface area contributed by atoms with Crippen molar-refractivity contribution in [3.05, 3.63) is 53.1 Å². The summed E-state index contributed by atoms with van der Waals surface area (Å²) in [6, 6.07) is 11.3. The molecule has 0 saturated heterocycles. The molecule has 0 aromatic heterocycles. The van der Waals surface area contributed by atoms with E-state index >= 15 is 0 Å². The highest BCUT2D eigenvalue weighted by Crippen LogP contribution is 2.22. The Kier molecular flexibility index (Phi) is 4.48. The average Bonchev–Trinajstić information content (AvgIpc) is 2.41. The summed E-state index contributed by atoms with van der Waals surface area (Å²) in [4.78, 5) is 12.0. The molecule has 0 atom stereocenters. The molecule has 0 unspecified atom stereocenters. The zero-order chi connectivity index (χ0) is 15.4. The van der Waals surface area contributed by atoms with Gasteiger partial charge in [0.2, 0.25) is 0 Å². The van der Waals surface area contributed by atoms with Crippen LogP contribution in [-0.2, 0) is 4.79 Å². The SMILES string of the molecule is Cc1cc(N)ccc1NC(=O)COc1c(C)cccc1C. The molecule has 0 radical (unpaired) electrons. The van der Waals surface area contributed by atoms with Gasteiger partial charge in [-0.15, -0.1) is 0 Å². The van der Waals surface area contributed by atoms with Crippen molar-refractivity contribution in [1.29, 1.82) is 0 Å². The lowest BCUT2D eigenvalue weighted by atomic mass is 10.1.